The zero-order valence-electron chi connectivity index (χ0n) is 13.9. The quantitative estimate of drug-likeness (QED) is 0.673. The lowest BCUT2D eigenvalue weighted by Gasteiger charge is -2.07. The minimum Gasteiger partial charge on any atom is -0.508 e. The van der Waals surface area contributed by atoms with Gasteiger partial charge in [-0.3, -0.25) is 0 Å². The van der Waals surface area contributed by atoms with E-state index in [0.717, 1.165) is 22.3 Å². The Bertz CT molecular complexity index is 1020. The molecule has 0 spiro atoms. The number of sulfonamides is 1. The highest BCUT2D eigenvalue weighted by molar-refractivity contribution is 7.89. The van der Waals surface area contributed by atoms with Crippen molar-refractivity contribution in [2.45, 2.75) is 18.2 Å². The number of hydrogen-bond acceptors (Lipinski definition) is 5. The van der Waals surface area contributed by atoms with Crippen LogP contribution in [0.5, 0.6) is 5.75 Å². The van der Waals surface area contributed by atoms with Crippen LogP contribution in [0.4, 0.5) is 4.39 Å². The average Bonchev–Trinajstić information content (AvgIpc) is 3.06. The number of phenolic OH excluding ortho intramolecular Hbond substituents is 1. The highest BCUT2D eigenvalue weighted by Crippen LogP contribution is 2.24. The Morgan fingerprint density at radius 1 is 1.19 bits per heavy atom. The normalized spacial score (nSPS) is 11.6. The van der Waals surface area contributed by atoms with Gasteiger partial charge in [0.05, 0.1) is 15.6 Å². The summed E-state index contributed by atoms with van der Waals surface area (Å²) >= 11 is 1.44. The molecule has 0 aliphatic heterocycles. The minimum absolute atomic E-state index is 0.0420. The van der Waals surface area contributed by atoms with Crippen LogP contribution < -0.4 is 4.72 Å². The third-order valence-corrected chi connectivity index (χ3v) is 6.15. The molecular formula is C18H17FN2O3S2. The molecule has 3 aromatic rings. The SMILES string of the molecule is Cc1cc(S(=O)(=O)NCCc2nc(-c3ccc(O)cc3)cs2)ccc1F. The maximum absolute atomic E-state index is 13.3. The Balaban J connectivity index is 1.62. The van der Waals surface area contributed by atoms with Crippen molar-refractivity contribution in [2.24, 2.45) is 0 Å². The summed E-state index contributed by atoms with van der Waals surface area (Å²) < 4.78 is 40.3. The van der Waals surface area contributed by atoms with Gasteiger partial charge in [-0.15, -0.1) is 11.3 Å². The van der Waals surface area contributed by atoms with E-state index in [1.54, 1.807) is 24.3 Å². The van der Waals surface area contributed by atoms with E-state index >= 15 is 0 Å². The van der Waals surface area contributed by atoms with Gasteiger partial charge < -0.3 is 5.11 Å². The Morgan fingerprint density at radius 2 is 1.92 bits per heavy atom. The van der Waals surface area contributed by atoms with Gasteiger partial charge in [-0.1, -0.05) is 0 Å². The number of benzene rings is 2. The first-order chi connectivity index (χ1) is 12.3. The van der Waals surface area contributed by atoms with Crippen molar-refractivity contribution in [1.82, 2.24) is 9.71 Å². The number of aromatic nitrogens is 1. The third kappa shape index (κ3) is 4.27. The van der Waals surface area contributed by atoms with Crippen molar-refractivity contribution in [3.8, 4) is 17.0 Å². The number of nitrogens with one attached hydrogen (secondary N) is 1. The first-order valence-electron chi connectivity index (χ1n) is 7.85. The Hall–Kier alpha value is -2.29. The second-order valence-electron chi connectivity index (χ2n) is 5.73. The summed E-state index contributed by atoms with van der Waals surface area (Å²) in [5, 5.41) is 12.0. The van der Waals surface area contributed by atoms with Crippen LogP contribution in [0.2, 0.25) is 0 Å². The Labute approximate surface area is 155 Å². The van der Waals surface area contributed by atoms with Gasteiger partial charge >= 0.3 is 0 Å². The van der Waals surface area contributed by atoms with Gasteiger partial charge in [-0.25, -0.2) is 22.5 Å². The van der Waals surface area contributed by atoms with Crippen molar-refractivity contribution in [3.05, 3.63) is 64.2 Å². The third-order valence-electron chi connectivity index (χ3n) is 3.79. The molecule has 2 N–H and O–H groups in total. The molecule has 5 nitrogen and oxygen atoms in total. The summed E-state index contributed by atoms with van der Waals surface area (Å²) in [6, 6.07) is 10.4. The first kappa shape index (κ1) is 18.5. The topological polar surface area (TPSA) is 79.3 Å². The number of rotatable bonds is 6. The van der Waals surface area contributed by atoms with Crippen LogP contribution in [0.3, 0.4) is 0 Å². The van der Waals surface area contributed by atoms with E-state index in [1.807, 2.05) is 5.38 Å². The molecule has 0 atom stereocenters. The molecule has 0 fully saturated rings. The maximum atomic E-state index is 13.3. The van der Waals surface area contributed by atoms with E-state index in [2.05, 4.69) is 9.71 Å². The van der Waals surface area contributed by atoms with E-state index in [9.17, 15) is 17.9 Å². The van der Waals surface area contributed by atoms with Gasteiger partial charge in [0.15, 0.2) is 0 Å². The second-order valence-corrected chi connectivity index (χ2v) is 8.44. The summed E-state index contributed by atoms with van der Waals surface area (Å²) in [5.74, 6) is -0.247. The molecule has 1 heterocycles. The van der Waals surface area contributed by atoms with Gasteiger partial charge in [-0.05, 0) is 55.0 Å². The molecule has 1 aromatic heterocycles. The number of aryl methyl sites for hydroxylation is 1. The van der Waals surface area contributed by atoms with Gasteiger partial charge in [-0.2, -0.15) is 0 Å². The van der Waals surface area contributed by atoms with Crippen LogP contribution >= 0.6 is 11.3 Å². The van der Waals surface area contributed by atoms with Crippen LogP contribution in [-0.4, -0.2) is 25.1 Å². The van der Waals surface area contributed by atoms with Crippen molar-refractivity contribution in [3.63, 3.8) is 0 Å². The van der Waals surface area contributed by atoms with E-state index in [-0.39, 0.29) is 22.8 Å². The molecule has 0 saturated carbocycles. The summed E-state index contributed by atoms with van der Waals surface area (Å²) in [7, 11) is -3.69. The van der Waals surface area contributed by atoms with Gasteiger partial charge in [0.2, 0.25) is 10.0 Å². The lowest BCUT2D eigenvalue weighted by molar-refractivity contribution is 0.475. The molecule has 2 aromatic carbocycles. The monoisotopic (exact) mass is 392 g/mol. The molecule has 0 saturated heterocycles. The second kappa shape index (κ2) is 7.53. The van der Waals surface area contributed by atoms with Crippen LogP contribution in [0.25, 0.3) is 11.3 Å². The lowest BCUT2D eigenvalue weighted by Crippen LogP contribution is -2.26. The van der Waals surface area contributed by atoms with Gasteiger partial charge in [0, 0.05) is 23.9 Å². The van der Waals surface area contributed by atoms with E-state index in [0.29, 0.717) is 6.42 Å². The smallest absolute Gasteiger partial charge is 0.240 e. The molecule has 0 unspecified atom stereocenters. The van der Waals surface area contributed by atoms with Crippen LogP contribution in [0, 0.1) is 12.7 Å². The predicted molar refractivity (Wildman–Crippen MR) is 99.2 cm³/mol. The molecule has 0 bridgehead atoms. The van der Waals surface area contributed by atoms with Gasteiger partial charge in [0.25, 0.3) is 0 Å². The highest BCUT2D eigenvalue weighted by Gasteiger charge is 2.15. The molecule has 136 valence electrons. The fraction of sp³-hybridized carbons (Fsp3) is 0.167. The number of nitrogens with zero attached hydrogens (tertiary/aromatic N) is 1. The summed E-state index contributed by atoms with van der Waals surface area (Å²) in [5.41, 5.74) is 1.95. The first-order valence-corrected chi connectivity index (χ1v) is 10.2. The van der Waals surface area contributed by atoms with Crippen LogP contribution in [0.1, 0.15) is 10.6 Å². The largest absolute Gasteiger partial charge is 0.508 e. The molecule has 26 heavy (non-hydrogen) atoms. The lowest BCUT2D eigenvalue weighted by atomic mass is 10.2. The van der Waals surface area contributed by atoms with Crippen molar-refractivity contribution in [1.29, 1.82) is 0 Å². The van der Waals surface area contributed by atoms with E-state index < -0.39 is 15.8 Å². The molecule has 0 aliphatic rings. The minimum atomic E-state index is -3.69. The molecule has 0 aliphatic carbocycles. The highest BCUT2D eigenvalue weighted by atomic mass is 32.2. The van der Waals surface area contributed by atoms with Crippen molar-refractivity contribution < 1.29 is 17.9 Å². The molecule has 0 amide bonds. The van der Waals surface area contributed by atoms with Crippen molar-refractivity contribution >= 4 is 21.4 Å². The maximum Gasteiger partial charge on any atom is 0.240 e. The predicted octanol–water partition coefficient (Wildman–Crippen LogP) is 3.48. The number of thiazole rings is 1. The zero-order chi connectivity index (χ0) is 18.7. The average molecular weight is 392 g/mol. The molecule has 0 radical (unpaired) electrons. The number of hydrogen-bond donors (Lipinski definition) is 2. The van der Waals surface area contributed by atoms with E-state index in [1.165, 1.54) is 30.4 Å². The number of halogens is 1. The molecule has 3 rings (SSSR count). The Kier molecular flexibility index (Phi) is 5.36. The number of phenols is 1. The summed E-state index contributed by atoms with van der Waals surface area (Å²) in [4.78, 5) is 4.52. The fourth-order valence-electron chi connectivity index (χ4n) is 2.35. The van der Waals surface area contributed by atoms with Crippen LogP contribution in [-0.2, 0) is 16.4 Å². The molecule has 8 heteroatoms. The summed E-state index contributed by atoms with van der Waals surface area (Å²) in [6.07, 6.45) is 0.447. The van der Waals surface area contributed by atoms with Crippen LogP contribution in [0.15, 0.2) is 52.7 Å². The van der Waals surface area contributed by atoms with E-state index in [4.69, 9.17) is 0 Å². The summed E-state index contributed by atoms with van der Waals surface area (Å²) in [6.45, 7) is 1.72. The number of aromatic hydroxyl groups is 1. The van der Waals surface area contributed by atoms with Crippen molar-refractivity contribution in [2.75, 3.05) is 6.54 Å². The Morgan fingerprint density at radius 3 is 2.62 bits per heavy atom. The molecular weight excluding hydrogens is 375 g/mol. The zero-order valence-corrected chi connectivity index (χ0v) is 15.6. The standard InChI is InChI=1S/C18H17FN2O3S2/c1-12-10-15(6-7-16(12)19)26(23,24)20-9-8-18-21-17(11-25-18)13-2-4-14(22)5-3-13/h2-7,10-11,20,22H,8-9H2,1H3. The van der Waals surface area contributed by atoms with Gasteiger partial charge in [0.1, 0.15) is 11.6 Å². The fourth-order valence-corrected chi connectivity index (χ4v) is 4.27.